The summed E-state index contributed by atoms with van der Waals surface area (Å²) in [4.78, 5) is 13.9. The van der Waals surface area contributed by atoms with Crippen LogP contribution in [-0.4, -0.2) is 34.7 Å². The van der Waals surface area contributed by atoms with Crippen molar-refractivity contribution >= 4 is 17.5 Å². The summed E-state index contributed by atoms with van der Waals surface area (Å²) >= 11 is 6.04. The fourth-order valence-corrected chi connectivity index (χ4v) is 2.50. The minimum atomic E-state index is -0.731. The molecule has 0 aliphatic carbocycles. The van der Waals surface area contributed by atoms with Gasteiger partial charge in [-0.3, -0.25) is 9.48 Å². The Morgan fingerprint density at radius 3 is 2.57 bits per heavy atom. The van der Waals surface area contributed by atoms with E-state index in [2.05, 4.69) is 5.10 Å². The molecule has 0 N–H and O–H groups in total. The zero-order valence-corrected chi connectivity index (χ0v) is 13.8. The molecule has 112 valence electrons. The summed E-state index contributed by atoms with van der Waals surface area (Å²) in [5.41, 5.74) is 2.08. The summed E-state index contributed by atoms with van der Waals surface area (Å²) in [6.45, 7) is 5.71. The van der Waals surface area contributed by atoms with Gasteiger partial charge in [-0.1, -0.05) is 23.7 Å². The molecule has 0 saturated carbocycles. The van der Waals surface area contributed by atoms with Crippen LogP contribution in [0.3, 0.4) is 0 Å². The summed E-state index contributed by atoms with van der Waals surface area (Å²) in [5, 5.41) is 5.28. The lowest BCUT2D eigenvalue weighted by Gasteiger charge is -2.27. The van der Waals surface area contributed by atoms with E-state index in [9.17, 15) is 4.79 Å². The molecule has 2 aromatic rings. The molecule has 1 amide bonds. The van der Waals surface area contributed by atoms with E-state index in [1.807, 2.05) is 51.2 Å². The molecule has 21 heavy (non-hydrogen) atoms. The third kappa shape index (κ3) is 2.95. The summed E-state index contributed by atoms with van der Waals surface area (Å²) in [7, 11) is 3.50. The van der Waals surface area contributed by atoms with Crippen molar-refractivity contribution in [3.05, 3.63) is 41.0 Å². The van der Waals surface area contributed by atoms with Crippen LogP contribution in [0, 0.1) is 6.92 Å². The molecule has 1 aromatic carbocycles. The van der Waals surface area contributed by atoms with Gasteiger partial charge in [0.15, 0.2) is 0 Å². The minimum absolute atomic E-state index is 0.00245. The Kier molecular flexibility index (Phi) is 4.10. The summed E-state index contributed by atoms with van der Waals surface area (Å²) in [5.74, 6) is 0.00245. The second-order valence-electron chi connectivity index (χ2n) is 5.87. The summed E-state index contributed by atoms with van der Waals surface area (Å²) in [6.07, 6.45) is 1.90. The molecule has 0 radical (unpaired) electrons. The highest BCUT2D eigenvalue weighted by Gasteiger charge is 2.32. The van der Waals surface area contributed by atoms with Crippen molar-refractivity contribution in [2.75, 3.05) is 14.1 Å². The predicted molar refractivity (Wildman–Crippen MR) is 85.4 cm³/mol. The maximum atomic E-state index is 12.3. The van der Waals surface area contributed by atoms with E-state index in [0.29, 0.717) is 5.02 Å². The number of benzene rings is 1. The van der Waals surface area contributed by atoms with Crippen LogP contribution in [0.5, 0.6) is 0 Å². The monoisotopic (exact) mass is 305 g/mol. The molecule has 0 unspecified atom stereocenters. The summed E-state index contributed by atoms with van der Waals surface area (Å²) < 4.78 is 1.72. The molecular formula is C16H20ClN3O. The van der Waals surface area contributed by atoms with Gasteiger partial charge in [0.2, 0.25) is 5.91 Å². The third-order valence-electron chi connectivity index (χ3n) is 3.50. The van der Waals surface area contributed by atoms with Gasteiger partial charge < -0.3 is 4.90 Å². The van der Waals surface area contributed by atoms with E-state index in [1.165, 1.54) is 0 Å². The Hall–Kier alpha value is -1.81. The lowest BCUT2D eigenvalue weighted by molar-refractivity contribution is -0.137. The zero-order chi connectivity index (χ0) is 15.8. The highest BCUT2D eigenvalue weighted by atomic mass is 35.5. The molecule has 0 atom stereocenters. The topological polar surface area (TPSA) is 38.1 Å². The van der Waals surface area contributed by atoms with Crippen molar-refractivity contribution < 1.29 is 4.79 Å². The number of halogens is 1. The van der Waals surface area contributed by atoms with Gasteiger partial charge in [-0.15, -0.1) is 0 Å². The van der Waals surface area contributed by atoms with Crippen LogP contribution in [0.2, 0.25) is 5.02 Å². The van der Waals surface area contributed by atoms with E-state index < -0.39 is 5.54 Å². The number of rotatable bonds is 3. The van der Waals surface area contributed by atoms with Gasteiger partial charge >= 0.3 is 0 Å². The fraction of sp³-hybridized carbons (Fsp3) is 0.375. The minimum Gasteiger partial charge on any atom is -0.347 e. The average Bonchev–Trinajstić information content (AvgIpc) is 2.80. The Balaban J connectivity index is 2.47. The third-order valence-corrected chi connectivity index (χ3v) is 3.73. The van der Waals surface area contributed by atoms with Crippen molar-refractivity contribution in [3.63, 3.8) is 0 Å². The van der Waals surface area contributed by atoms with Gasteiger partial charge in [0.1, 0.15) is 5.54 Å². The zero-order valence-electron chi connectivity index (χ0n) is 13.0. The number of aryl methyl sites for hydroxylation is 1. The maximum Gasteiger partial charge on any atom is 0.249 e. The van der Waals surface area contributed by atoms with Crippen LogP contribution in [0.1, 0.15) is 19.4 Å². The molecule has 0 fully saturated rings. The number of hydrogen-bond acceptors (Lipinski definition) is 2. The second kappa shape index (κ2) is 5.53. The quantitative estimate of drug-likeness (QED) is 0.872. The Labute approximate surface area is 130 Å². The molecule has 2 rings (SSSR count). The lowest BCUT2D eigenvalue weighted by atomic mass is 10.0. The maximum absolute atomic E-state index is 12.3. The first-order chi connectivity index (χ1) is 9.73. The molecule has 1 heterocycles. The van der Waals surface area contributed by atoms with Crippen molar-refractivity contribution in [2.45, 2.75) is 26.3 Å². The van der Waals surface area contributed by atoms with Gasteiger partial charge in [-0.2, -0.15) is 5.10 Å². The molecule has 0 aliphatic rings. The molecule has 1 aromatic heterocycles. The number of carbonyl (C=O) groups is 1. The molecular weight excluding hydrogens is 286 g/mol. The number of nitrogens with zero attached hydrogens (tertiary/aromatic N) is 3. The van der Waals surface area contributed by atoms with Crippen molar-refractivity contribution in [2.24, 2.45) is 0 Å². The second-order valence-corrected chi connectivity index (χ2v) is 6.31. The normalized spacial score (nSPS) is 11.5. The smallest absolute Gasteiger partial charge is 0.249 e. The SMILES string of the molecule is Cc1cn(C(C)(C)C(=O)N(C)C)nc1-c1cccc(Cl)c1. The molecule has 0 bridgehead atoms. The van der Waals surface area contributed by atoms with Gasteiger partial charge in [0.05, 0.1) is 5.69 Å². The number of hydrogen-bond donors (Lipinski definition) is 0. The van der Waals surface area contributed by atoms with E-state index in [1.54, 1.807) is 23.7 Å². The van der Waals surface area contributed by atoms with Crippen LogP contribution >= 0.6 is 11.6 Å². The lowest BCUT2D eigenvalue weighted by Crippen LogP contribution is -2.44. The predicted octanol–water partition coefficient (Wildman–Crippen LogP) is 3.34. The van der Waals surface area contributed by atoms with Crippen molar-refractivity contribution in [1.29, 1.82) is 0 Å². The van der Waals surface area contributed by atoms with Gasteiger partial charge in [0.25, 0.3) is 0 Å². The van der Waals surface area contributed by atoms with Crippen LogP contribution in [0.4, 0.5) is 0 Å². The van der Waals surface area contributed by atoms with Crippen LogP contribution in [-0.2, 0) is 10.3 Å². The first-order valence-electron chi connectivity index (χ1n) is 6.78. The van der Waals surface area contributed by atoms with Gasteiger partial charge in [-0.05, 0) is 38.5 Å². The molecule has 0 saturated heterocycles. The summed E-state index contributed by atoms with van der Waals surface area (Å²) in [6, 6.07) is 7.57. The van der Waals surface area contributed by atoms with E-state index in [4.69, 9.17) is 11.6 Å². The highest BCUT2D eigenvalue weighted by Crippen LogP contribution is 2.27. The molecule has 0 aliphatic heterocycles. The number of amides is 1. The highest BCUT2D eigenvalue weighted by molar-refractivity contribution is 6.30. The van der Waals surface area contributed by atoms with Crippen molar-refractivity contribution in [3.8, 4) is 11.3 Å². The Morgan fingerprint density at radius 2 is 2.00 bits per heavy atom. The average molecular weight is 306 g/mol. The molecule has 0 spiro atoms. The number of likely N-dealkylation sites (N-methyl/N-ethyl adjacent to an activating group) is 1. The van der Waals surface area contributed by atoms with Crippen LogP contribution in [0.25, 0.3) is 11.3 Å². The number of carbonyl (C=O) groups excluding carboxylic acids is 1. The standard InChI is InChI=1S/C16H20ClN3O/c1-11-10-20(16(2,3)15(21)19(4)5)18-14(11)12-7-6-8-13(17)9-12/h6-10H,1-5H3. The van der Waals surface area contributed by atoms with E-state index in [-0.39, 0.29) is 5.91 Å². The Morgan fingerprint density at radius 1 is 1.33 bits per heavy atom. The fourth-order valence-electron chi connectivity index (χ4n) is 2.31. The van der Waals surface area contributed by atoms with E-state index in [0.717, 1.165) is 16.8 Å². The van der Waals surface area contributed by atoms with Crippen LogP contribution in [0.15, 0.2) is 30.5 Å². The van der Waals surface area contributed by atoms with Crippen LogP contribution < -0.4 is 0 Å². The first kappa shape index (κ1) is 15.6. The van der Waals surface area contributed by atoms with Gasteiger partial charge in [0, 0.05) is 30.9 Å². The largest absolute Gasteiger partial charge is 0.347 e. The van der Waals surface area contributed by atoms with E-state index >= 15 is 0 Å². The first-order valence-corrected chi connectivity index (χ1v) is 7.15. The Bertz CT molecular complexity index is 674. The molecule has 5 heteroatoms. The van der Waals surface area contributed by atoms with Crippen molar-refractivity contribution in [1.82, 2.24) is 14.7 Å². The number of aromatic nitrogens is 2. The van der Waals surface area contributed by atoms with Gasteiger partial charge in [-0.25, -0.2) is 0 Å². The molecule has 4 nitrogen and oxygen atoms in total.